The standard InChI is InChI=1S/C11H18N2O3.C2H3Cl3O2.Mg.Na.H2O4S/c1-4-6-7(3)11(5-2)8(14)12-10(16)13-9(11)15;3-2(4,5)1(6)7;;;1-5(2,3)4/h7H,4-6H2,1-3H3,(H2,12,13,14,15,16);1,6-7H;;;(H2,1,2,3,4)/q;;+2;+1;/p-2. The molecule has 1 aliphatic heterocycles. The summed E-state index contributed by atoms with van der Waals surface area (Å²) in [5.41, 5.74) is -1.09. The third kappa shape index (κ3) is 15.0. The van der Waals surface area contributed by atoms with Gasteiger partial charge in [-0.05, 0) is 18.8 Å². The summed E-state index contributed by atoms with van der Waals surface area (Å²) in [7, 11) is -5.17. The van der Waals surface area contributed by atoms with E-state index in [1.165, 1.54) is 0 Å². The monoisotopic (exact) mass is 533 g/mol. The molecule has 17 heteroatoms. The summed E-state index contributed by atoms with van der Waals surface area (Å²) < 4.78 is 32.1. The number of barbiturate groups is 1. The molecule has 0 bridgehead atoms. The zero-order valence-corrected chi connectivity index (χ0v) is 23.3. The first kappa shape index (κ1) is 38.3. The first-order valence-corrected chi connectivity index (χ1v) is 10.2. The van der Waals surface area contributed by atoms with Gasteiger partial charge in [0.25, 0.3) is 0 Å². The quantitative estimate of drug-likeness (QED) is 0.0731. The third-order valence-corrected chi connectivity index (χ3v) is 4.26. The summed E-state index contributed by atoms with van der Waals surface area (Å²) in [5, 5.41) is 20.5. The Hall–Kier alpha value is 1.04. The van der Waals surface area contributed by atoms with Gasteiger partial charge in [-0.1, -0.05) is 62.0 Å². The van der Waals surface area contributed by atoms with Gasteiger partial charge in [0.05, 0.1) is 0 Å². The van der Waals surface area contributed by atoms with E-state index in [4.69, 9.17) is 62.5 Å². The Kier molecular flexibility index (Phi) is 21.2. The largest absolute Gasteiger partial charge is 2.00 e. The number of nitrogens with one attached hydrogen (secondary N) is 2. The molecule has 0 spiro atoms. The van der Waals surface area contributed by atoms with Crippen molar-refractivity contribution in [2.24, 2.45) is 11.3 Å². The van der Waals surface area contributed by atoms with E-state index in [0.717, 1.165) is 12.8 Å². The van der Waals surface area contributed by atoms with Crippen molar-refractivity contribution in [2.75, 3.05) is 0 Å². The number of rotatable bonds is 4. The van der Waals surface area contributed by atoms with E-state index in [-0.39, 0.29) is 58.5 Å². The Balaban J connectivity index is -0.000000203. The molecule has 166 valence electrons. The fraction of sp³-hybridized carbons (Fsp3) is 0.769. The minimum absolute atomic E-state index is 0. The van der Waals surface area contributed by atoms with Crippen molar-refractivity contribution in [3.63, 3.8) is 0 Å². The number of hydrogen-bond donors (Lipinski definition) is 4. The third-order valence-electron chi connectivity index (χ3n) is 3.68. The maximum absolute atomic E-state index is 11.9. The SMILES string of the molecule is CCCC(C)C1(CC)C(=O)NC(=O)NC1=O.O=S(=O)([O-])[O-].OC(O)C(Cl)(Cl)Cl.[Mg+2].[Na+]. The molecule has 0 aromatic heterocycles. The van der Waals surface area contributed by atoms with Crippen LogP contribution in [-0.4, -0.2) is 78.7 Å². The summed E-state index contributed by atoms with van der Waals surface area (Å²) in [6, 6.07) is -0.720. The van der Waals surface area contributed by atoms with Crippen molar-refractivity contribution < 1.29 is 71.7 Å². The fourth-order valence-corrected chi connectivity index (χ4v) is 2.36. The second-order valence-corrected chi connectivity index (χ2v) is 8.76. The number of urea groups is 1. The van der Waals surface area contributed by atoms with Crippen LogP contribution in [0.2, 0.25) is 0 Å². The van der Waals surface area contributed by atoms with Crippen LogP contribution in [0.1, 0.15) is 40.0 Å². The van der Waals surface area contributed by atoms with Crippen LogP contribution in [0, 0.1) is 11.3 Å². The van der Waals surface area contributed by atoms with E-state index in [1.54, 1.807) is 6.92 Å². The van der Waals surface area contributed by atoms with Gasteiger partial charge in [-0.25, -0.2) is 4.79 Å². The predicted octanol–water partition coefficient (Wildman–Crippen LogP) is -2.86. The number of carbonyl (C=O) groups is 3. The summed E-state index contributed by atoms with van der Waals surface area (Å²) in [6.45, 7) is 5.67. The molecule has 0 aromatic carbocycles. The number of alkyl halides is 3. The van der Waals surface area contributed by atoms with Crippen molar-refractivity contribution >= 4 is 86.1 Å². The zero-order valence-electron chi connectivity index (χ0n) is 16.8. The Bertz CT molecular complexity index is 635. The number of carbonyl (C=O) groups excluding carboxylic acids is 3. The maximum Gasteiger partial charge on any atom is 2.00 e. The molecular weight excluding hydrogens is 514 g/mol. The fourth-order valence-electron chi connectivity index (χ4n) is 2.36. The van der Waals surface area contributed by atoms with Gasteiger partial charge in [0.1, 0.15) is 5.41 Å². The molecule has 0 saturated carbocycles. The van der Waals surface area contributed by atoms with Gasteiger partial charge in [-0.15, -0.1) is 0 Å². The van der Waals surface area contributed by atoms with Crippen LogP contribution < -0.4 is 40.2 Å². The predicted molar refractivity (Wildman–Crippen MR) is 103 cm³/mol. The topological polar surface area (TPSA) is 196 Å². The van der Waals surface area contributed by atoms with Gasteiger partial charge < -0.3 is 19.3 Å². The van der Waals surface area contributed by atoms with E-state index in [1.807, 2.05) is 13.8 Å². The number of amides is 4. The molecule has 1 saturated heterocycles. The molecule has 30 heavy (non-hydrogen) atoms. The molecule has 1 rings (SSSR count). The summed E-state index contributed by atoms with van der Waals surface area (Å²) in [4.78, 5) is 34.8. The summed E-state index contributed by atoms with van der Waals surface area (Å²) in [5.74, 6) is -1.01. The van der Waals surface area contributed by atoms with Gasteiger partial charge in [0, 0.05) is 10.4 Å². The molecule has 4 amide bonds. The van der Waals surface area contributed by atoms with Crippen molar-refractivity contribution in [3.05, 3.63) is 0 Å². The molecule has 11 nitrogen and oxygen atoms in total. The van der Waals surface area contributed by atoms with E-state index >= 15 is 0 Å². The van der Waals surface area contributed by atoms with Gasteiger partial charge in [0.2, 0.25) is 15.6 Å². The van der Waals surface area contributed by atoms with Crippen molar-refractivity contribution in [3.8, 4) is 0 Å². The Labute approximate surface area is 228 Å². The molecule has 1 aliphatic rings. The van der Waals surface area contributed by atoms with Crippen LogP contribution in [0.4, 0.5) is 4.79 Å². The first-order valence-electron chi connectivity index (χ1n) is 7.69. The number of halogens is 3. The average Bonchev–Trinajstić information content (AvgIpc) is 2.45. The summed E-state index contributed by atoms with van der Waals surface area (Å²) in [6.07, 6.45) is 0.178. The Morgan fingerprint density at radius 2 is 1.37 bits per heavy atom. The van der Waals surface area contributed by atoms with Gasteiger partial charge in [0.15, 0.2) is 6.29 Å². The molecule has 1 atom stereocenters. The second kappa shape index (κ2) is 16.6. The van der Waals surface area contributed by atoms with E-state index in [0.29, 0.717) is 6.42 Å². The molecular formula is C13H21Cl3MgN2NaO9S+. The molecule has 0 radical (unpaired) electrons. The molecule has 0 aromatic rings. The maximum atomic E-state index is 11.9. The molecule has 1 heterocycles. The van der Waals surface area contributed by atoms with Crippen LogP contribution in [0.25, 0.3) is 0 Å². The first-order chi connectivity index (χ1) is 12.4. The van der Waals surface area contributed by atoms with Gasteiger partial charge in [-0.3, -0.25) is 28.6 Å². The Morgan fingerprint density at radius 1 is 1.07 bits per heavy atom. The molecule has 4 N–H and O–H groups in total. The number of hydrogen-bond acceptors (Lipinski definition) is 9. The molecule has 1 fully saturated rings. The van der Waals surface area contributed by atoms with E-state index in [2.05, 4.69) is 10.6 Å². The van der Waals surface area contributed by atoms with Crippen LogP contribution in [0.3, 0.4) is 0 Å². The van der Waals surface area contributed by atoms with Crippen molar-refractivity contribution in [1.82, 2.24) is 10.6 Å². The van der Waals surface area contributed by atoms with Crippen LogP contribution in [-0.2, 0) is 20.0 Å². The van der Waals surface area contributed by atoms with Gasteiger partial charge in [-0.2, -0.15) is 0 Å². The minimum atomic E-state index is -5.17. The zero-order chi connectivity index (χ0) is 22.9. The van der Waals surface area contributed by atoms with Crippen molar-refractivity contribution in [2.45, 2.75) is 50.1 Å². The van der Waals surface area contributed by atoms with E-state index in [9.17, 15) is 14.4 Å². The second-order valence-electron chi connectivity index (χ2n) is 5.58. The van der Waals surface area contributed by atoms with Crippen LogP contribution >= 0.6 is 34.8 Å². The van der Waals surface area contributed by atoms with Crippen molar-refractivity contribution in [1.29, 1.82) is 0 Å². The van der Waals surface area contributed by atoms with E-state index < -0.39 is 43.7 Å². The molecule has 0 aliphatic carbocycles. The number of imide groups is 2. The number of aliphatic hydroxyl groups excluding tert-OH is 1. The smallest absolute Gasteiger partial charge is 0.759 e. The average molecular weight is 535 g/mol. The van der Waals surface area contributed by atoms with Crippen LogP contribution in [0.5, 0.6) is 0 Å². The van der Waals surface area contributed by atoms with Crippen LogP contribution in [0.15, 0.2) is 0 Å². The molecule has 1 unspecified atom stereocenters. The van der Waals surface area contributed by atoms with Gasteiger partial charge >= 0.3 is 58.6 Å². The minimum Gasteiger partial charge on any atom is -0.759 e. The normalized spacial score (nSPS) is 16.3. The number of aliphatic hydroxyl groups is 2. The summed E-state index contributed by atoms with van der Waals surface area (Å²) >= 11 is 14.7. The Morgan fingerprint density at radius 3 is 1.57 bits per heavy atom.